The molecule has 0 saturated heterocycles. The van der Waals surface area contributed by atoms with Gasteiger partial charge in [-0.25, -0.2) is 14.5 Å². The second-order valence-electron chi connectivity index (χ2n) is 13.1. The summed E-state index contributed by atoms with van der Waals surface area (Å²) in [5.74, 6) is 0.430. The molecule has 0 aliphatic carbocycles. The van der Waals surface area contributed by atoms with Crippen LogP contribution in [0.2, 0.25) is 0 Å². The molecule has 0 radical (unpaired) electrons. The van der Waals surface area contributed by atoms with Crippen LogP contribution in [0.5, 0.6) is 5.75 Å². The lowest BCUT2D eigenvalue weighted by atomic mass is 10.1. The van der Waals surface area contributed by atoms with Crippen LogP contribution in [0.3, 0.4) is 0 Å². The first-order valence-electron chi connectivity index (χ1n) is 16.4. The molecule has 11 nitrogen and oxygen atoms in total. The molecule has 0 aliphatic heterocycles. The summed E-state index contributed by atoms with van der Waals surface area (Å²) in [6.07, 6.45) is 0.580. The third-order valence-electron chi connectivity index (χ3n) is 7.91. The third-order valence-corrected chi connectivity index (χ3v) is 9.44. The lowest BCUT2D eigenvalue weighted by molar-refractivity contribution is -0.158. The summed E-state index contributed by atoms with van der Waals surface area (Å²) >= 11 is 0. The van der Waals surface area contributed by atoms with E-state index in [0.29, 0.717) is 35.9 Å². The summed E-state index contributed by atoms with van der Waals surface area (Å²) in [5, 5.41) is 5.73. The minimum atomic E-state index is -4.22. The number of nitrogens with one attached hydrogen (secondary N) is 1. The van der Waals surface area contributed by atoms with Gasteiger partial charge < -0.3 is 24.3 Å². The molecule has 0 saturated carbocycles. The van der Waals surface area contributed by atoms with E-state index >= 15 is 0 Å². The first kappa shape index (κ1) is 35.3. The lowest BCUT2D eigenvalue weighted by Crippen LogP contribution is -2.44. The van der Waals surface area contributed by atoms with Gasteiger partial charge in [0.2, 0.25) is 0 Å². The van der Waals surface area contributed by atoms with Crippen LogP contribution in [-0.2, 0) is 30.0 Å². The molecule has 5 rings (SSSR count). The number of hydrogen-bond donors (Lipinski definition) is 2. The molecule has 2 heterocycles. The van der Waals surface area contributed by atoms with E-state index in [1.807, 2.05) is 86.9 Å². The fourth-order valence-electron chi connectivity index (χ4n) is 5.58. The Morgan fingerprint density at radius 2 is 1.71 bits per heavy atom. The van der Waals surface area contributed by atoms with E-state index in [9.17, 15) is 9.36 Å². The van der Waals surface area contributed by atoms with Crippen molar-refractivity contribution in [1.29, 1.82) is 0 Å². The molecule has 1 unspecified atom stereocenters. The van der Waals surface area contributed by atoms with Crippen LogP contribution in [0.1, 0.15) is 66.8 Å². The molecule has 0 fully saturated rings. The van der Waals surface area contributed by atoms with Gasteiger partial charge in [0, 0.05) is 12.0 Å². The monoisotopic (exact) mass is 675 g/mol. The van der Waals surface area contributed by atoms with E-state index in [4.69, 9.17) is 29.2 Å². The van der Waals surface area contributed by atoms with E-state index in [1.54, 1.807) is 32.9 Å². The van der Waals surface area contributed by atoms with Crippen LogP contribution in [0, 0.1) is 5.92 Å². The quantitative estimate of drug-likeness (QED) is 0.0880. The molecule has 3 atom stereocenters. The number of ether oxygens (including phenoxy) is 2. The van der Waals surface area contributed by atoms with Crippen LogP contribution in [0.15, 0.2) is 66.7 Å². The van der Waals surface area contributed by atoms with Crippen LogP contribution < -0.4 is 15.3 Å². The average molecular weight is 676 g/mol. The second kappa shape index (κ2) is 14.6. The van der Waals surface area contributed by atoms with Gasteiger partial charge >= 0.3 is 13.7 Å². The molecule has 5 aromatic rings. The number of esters is 1. The molecule has 2 aromatic heterocycles. The summed E-state index contributed by atoms with van der Waals surface area (Å²) in [7, 11) is -4.22. The van der Waals surface area contributed by atoms with E-state index in [-0.39, 0.29) is 25.2 Å². The molecular weight excluding hydrogens is 629 g/mol. The van der Waals surface area contributed by atoms with Gasteiger partial charge in [0.1, 0.15) is 35.3 Å². The van der Waals surface area contributed by atoms with Crippen molar-refractivity contribution in [2.45, 2.75) is 79.2 Å². The van der Waals surface area contributed by atoms with Gasteiger partial charge in [0.15, 0.2) is 5.82 Å². The number of carbonyl (C=O) groups is 1. The number of anilines is 1. The van der Waals surface area contributed by atoms with Crippen LogP contribution >= 0.6 is 7.75 Å². The minimum Gasteiger partial charge on any atom is -0.459 e. The van der Waals surface area contributed by atoms with Gasteiger partial charge in [-0.1, -0.05) is 69.3 Å². The maximum atomic E-state index is 14.8. The zero-order valence-corrected chi connectivity index (χ0v) is 29.6. The van der Waals surface area contributed by atoms with Crippen molar-refractivity contribution >= 4 is 52.2 Å². The Morgan fingerprint density at radius 3 is 2.40 bits per heavy atom. The normalized spacial score (nSPS) is 14.8. The predicted molar refractivity (Wildman–Crippen MR) is 190 cm³/mol. The number of imidazole rings is 1. The highest BCUT2D eigenvalue weighted by Crippen LogP contribution is 2.47. The van der Waals surface area contributed by atoms with Crippen molar-refractivity contribution in [3.63, 3.8) is 0 Å². The number of pyridine rings is 1. The van der Waals surface area contributed by atoms with Crippen molar-refractivity contribution in [2.75, 3.05) is 18.9 Å². The second-order valence-corrected chi connectivity index (χ2v) is 14.8. The fourth-order valence-corrected chi connectivity index (χ4v) is 7.26. The molecular formula is C36H46N5O6P. The maximum Gasteiger partial charge on any atom is 0.459 e. The molecule has 0 spiro atoms. The maximum absolute atomic E-state index is 14.8. The number of benzene rings is 3. The highest BCUT2D eigenvalue weighted by atomic mass is 31.2. The van der Waals surface area contributed by atoms with Crippen molar-refractivity contribution in [3.8, 4) is 5.75 Å². The van der Waals surface area contributed by atoms with Gasteiger partial charge in [0.05, 0.1) is 23.7 Å². The molecule has 0 amide bonds. The number of aromatic nitrogens is 3. The van der Waals surface area contributed by atoms with Crippen LogP contribution in [0.4, 0.5) is 5.82 Å². The van der Waals surface area contributed by atoms with Gasteiger partial charge in [-0.3, -0.25) is 9.32 Å². The Balaban J connectivity index is 1.55. The van der Waals surface area contributed by atoms with Crippen molar-refractivity contribution in [3.05, 3.63) is 72.6 Å². The summed E-state index contributed by atoms with van der Waals surface area (Å²) in [5.41, 5.74) is 7.74. The Labute approximate surface area is 281 Å². The summed E-state index contributed by atoms with van der Waals surface area (Å²) in [4.78, 5) is 22.8. The van der Waals surface area contributed by atoms with Crippen LogP contribution in [0.25, 0.3) is 32.7 Å². The smallest absolute Gasteiger partial charge is 0.459 e. The standard InChI is InChI=1S/C36H46N5O6P/c1-8-26(41-30(22-44-9-2)39-32-33(41)28-16-12-13-17-29(28)38-34(32)37)21-45-48(43,40-31(23(3)4)35(42)46-36(5,6)7)47-27-19-18-24-14-10-11-15-25(24)20-27/h10-20,23,26,31H,8-9,21-22H2,1-7H3,(H2,37,38)(H,40,43)/t26-,31+,48?/m1/s1. The Morgan fingerprint density at radius 1 is 1.00 bits per heavy atom. The number of fused-ring (bicyclic) bond motifs is 4. The van der Waals surface area contributed by atoms with E-state index in [1.165, 1.54) is 0 Å². The fraction of sp³-hybridized carbons (Fsp3) is 0.417. The zero-order valence-electron chi connectivity index (χ0n) is 28.7. The number of para-hydroxylation sites is 1. The molecule has 256 valence electrons. The average Bonchev–Trinajstić information content (AvgIpc) is 3.42. The third kappa shape index (κ3) is 7.98. The highest BCUT2D eigenvalue weighted by molar-refractivity contribution is 7.52. The number of hydrogen-bond acceptors (Lipinski definition) is 9. The van der Waals surface area contributed by atoms with E-state index in [0.717, 1.165) is 27.2 Å². The van der Waals surface area contributed by atoms with Crippen molar-refractivity contribution < 1.29 is 27.9 Å². The Kier molecular flexibility index (Phi) is 10.7. The van der Waals surface area contributed by atoms with Gasteiger partial charge in [-0.05, 0) is 69.0 Å². The van der Waals surface area contributed by atoms with Gasteiger partial charge in [-0.15, -0.1) is 0 Å². The van der Waals surface area contributed by atoms with Crippen molar-refractivity contribution in [2.24, 2.45) is 5.92 Å². The number of nitrogens with zero attached hydrogens (tertiary/aromatic N) is 3. The first-order valence-corrected chi connectivity index (χ1v) is 17.9. The van der Waals surface area contributed by atoms with Crippen LogP contribution in [-0.4, -0.2) is 45.4 Å². The molecule has 12 heteroatoms. The number of rotatable bonds is 14. The minimum absolute atomic E-state index is 0.0470. The highest BCUT2D eigenvalue weighted by Gasteiger charge is 2.38. The number of nitrogen functional groups attached to an aromatic ring is 1. The molecule has 0 aliphatic rings. The Hall–Kier alpha value is -4.02. The summed E-state index contributed by atoms with van der Waals surface area (Å²) < 4.78 is 40.9. The van der Waals surface area contributed by atoms with Gasteiger partial charge in [0.25, 0.3) is 0 Å². The SMILES string of the molecule is CCOCc1nc2c(N)nc3ccccc3c2n1[C@H](CC)COP(=O)(N[C@H](C(=O)OC(C)(C)C)C(C)C)Oc1ccc2ccccc2c1. The molecule has 3 N–H and O–H groups in total. The van der Waals surface area contributed by atoms with Crippen molar-refractivity contribution in [1.82, 2.24) is 19.6 Å². The zero-order chi connectivity index (χ0) is 34.6. The Bertz CT molecular complexity index is 1950. The van der Waals surface area contributed by atoms with E-state index in [2.05, 4.69) is 10.1 Å². The number of nitrogens with two attached hydrogens (primary N) is 1. The molecule has 3 aromatic carbocycles. The van der Waals surface area contributed by atoms with Gasteiger partial charge in [-0.2, -0.15) is 5.09 Å². The molecule has 0 bridgehead atoms. The summed E-state index contributed by atoms with van der Waals surface area (Å²) in [6, 6.07) is 19.6. The summed E-state index contributed by atoms with van der Waals surface area (Å²) in [6.45, 7) is 13.7. The predicted octanol–water partition coefficient (Wildman–Crippen LogP) is 7.97. The molecule has 48 heavy (non-hydrogen) atoms. The van der Waals surface area contributed by atoms with E-state index < -0.39 is 25.4 Å². The number of carbonyl (C=O) groups excluding carboxylic acids is 1. The topological polar surface area (TPSA) is 140 Å². The first-order chi connectivity index (χ1) is 22.8. The lowest BCUT2D eigenvalue weighted by Gasteiger charge is -2.30. The largest absolute Gasteiger partial charge is 0.459 e.